The zero-order valence-electron chi connectivity index (χ0n) is 4.26. The first-order chi connectivity index (χ1) is 3.56. The molecule has 0 aromatic rings. The standard InChI is InChI=1S/C4H7F3N/c5-4(6,7)2-1-3-8/h8H,1-3H2. The molecule has 0 atom stereocenters. The third-order valence-electron chi connectivity index (χ3n) is 0.637. The van der Waals surface area contributed by atoms with Crippen molar-refractivity contribution in [3.8, 4) is 0 Å². The predicted octanol–water partition coefficient (Wildman–Crippen LogP) is 1.61. The molecule has 0 aromatic carbocycles. The second-order valence-electron chi connectivity index (χ2n) is 1.47. The van der Waals surface area contributed by atoms with E-state index in [0.29, 0.717) is 0 Å². The second-order valence-corrected chi connectivity index (χ2v) is 1.47. The van der Waals surface area contributed by atoms with E-state index in [2.05, 4.69) is 0 Å². The number of hydrogen-bond donors (Lipinski definition) is 0. The largest absolute Gasteiger partial charge is 0.389 e. The van der Waals surface area contributed by atoms with Crippen molar-refractivity contribution in [2.45, 2.75) is 19.0 Å². The summed E-state index contributed by atoms with van der Waals surface area (Å²) in [6.07, 6.45) is -4.97. The van der Waals surface area contributed by atoms with Gasteiger partial charge in [0, 0.05) is 13.0 Å². The number of nitrogens with one attached hydrogen (secondary N) is 1. The Morgan fingerprint density at radius 2 is 1.75 bits per heavy atom. The molecule has 0 fully saturated rings. The van der Waals surface area contributed by atoms with Crippen molar-refractivity contribution in [1.82, 2.24) is 5.73 Å². The molecule has 0 spiro atoms. The predicted molar refractivity (Wildman–Crippen MR) is 23.3 cm³/mol. The summed E-state index contributed by atoms with van der Waals surface area (Å²) >= 11 is 0. The highest BCUT2D eigenvalue weighted by Gasteiger charge is 2.25. The van der Waals surface area contributed by atoms with Gasteiger partial charge in [-0.25, -0.2) is 0 Å². The summed E-state index contributed by atoms with van der Waals surface area (Å²) in [6, 6.07) is 0. The maximum atomic E-state index is 11.2. The molecular formula is C4H7F3N. The van der Waals surface area contributed by atoms with Gasteiger partial charge in [-0.3, -0.25) is 5.73 Å². The molecule has 1 radical (unpaired) electrons. The van der Waals surface area contributed by atoms with Gasteiger partial charge < -0.3 is 0 Å². The molecule has 0 bridgehead atoms. The van der Waals surface area contributed by atoms with Crippen LogP contribution in [0, 0.1) is 0 Å². The van der Waals surface area contributed by atoms with E-state index in [1.807, 2.05) is 0 Å². The van der Waals surface area contributed by atoms with E-state index in [9.17, 15) is 13.2 Å². The van der Waals surface area contributed by atoms with Gasteiger partial charge in [0.15, 0.2) is 0 Å². The molecule has 0 unspecified atom stereocenters. The zero-order valence-corrected chi connectivity index (χ0v) is 4.26. The molecule has 1 N–H and O–H groups in total. The smallest absolute Gasteiger partial charge is 0.258 e. The van der Waals surface area contributed by atoms with Crippen LogP contribution in [-0.4, -0.2) is 12.7 Å². The first-order valence-corrected chi connectivity index (χ1v) is 2.27. The average molecular weight is 126 g/mol. The lowest BCUT2D eigenvalue weighted by atomic mass is 10.3. The maximum absolute atomic E-state index is 11.2. The van der Waals surface area contributed by atoms with Crippen LogP contribution < -0.4 is 5.73 Å². The highest BCUT2D eigenvalue weighted by molar-refractivity contribution is 4.49. The van der Waals surface area contributed by atoms with E-state index in [1.165, 1.54) is 0 Å². The van der Waals surface area contributed by atoms with E-state index in [-0.39, 0.29) is 13.0 Å². The molecule has 0 saturated carbocycles. The van der Waals surface area contributed by atoms with Crippen molar-refractivity contribution in [1.29, 1.82) is 0 Å². The van der Waals surface area contributed by atoms with Gasteiger partial charge in [-0.1, -0.05) is 0 Å². The second kappa shape index (κ2) is 2.91. The summed E-state index contributed by atoms with van der Waals surface area (Å²) in [7, 11) is 0. The van der Waals surface area contributed by atoms with Crippen LogP contribution in [0.3, 0.4) is 0 Å². The Kier molecular flexibility index (Phi) is 2.82. The Balaban J connectivity index is 3.11. The quantitative estimate of drug-likeness (QED) is 0.536. The van der Waals surface area contributed by atoms with Crippen LogP contribution in [0.5, 0.6) is 0 Å². The van der Waals surface area contributed by atoms with E-state index >= 15 is 0 Å². The lowest BCUT2D eigenvalue weighted by molar-refractivity contribution is -0.135. The minimum absolute atomic E-state index is 0.0799. The summed E-state index contributed by atoms with van der Waals surface area (Å²) in [4.78, 5) is 0. The molecule has 0 rings (SSSR count). The third kappa shape index (κ3) is 5.75. The third-order valence-corrected chi connectivity index (χ3v) is 0.637. The molecule has 8 heavy (non-hydrogen) atoms. The molecule has 0 aromatic heterocycles. The number of alkyl halides is 3. The van der Waals surface area contributed by atoms with Crippen molar-refractivity contribution in [3.05, 3.63) is 0 Å². The van der Waals surface area contributed by atoms with Crippen molar-refractivity contribution in [2.24, 2.45) is 0 Å². The summed E-state index contributed by atoms with van der Waals surface area (Å²) in [5, 5.41) is 0. The minimum Gasteiger partial charge on any atom is -0.258 e. The van der Waals surface area contributed by atoms with Crippen molar-refractivity contribution < 1.29 is 13.2 Å². The topological polar surface area (TPSA) is 23.8 Å². The molecule has 1 nitrogen and oxygen atoms in total. The van der Waals surface area contributed by atoms with E-state index in [1.54, 1.807) is 0 Å². The van der Waals surface area contributed by atoms with Crippen LogP contribution in [0.15, 0.2) is 0 Å². The highest BCUT2D eigenvalue weighted by atomic mass is 19.4. The minimum atomic E-state index is -4.07. The molecule has 0 aliphatic heterocycles. The van der Waals surface area contributed by atoms with Crippen LogP contribution in [-0.2, 0) is 0 Å². The summed E-state index contributed by atoms with van der Waals surface area (Å²) in [5.41, 5.74) is 6.38. The summed E-state index contributed by atoms with van der Waals surface area (Å²) in [6.45, 7) is -0.139. The fraction of sp³-hybridized carbons (Fsp3) is 1.00. The summed E-state index contributed by atoms with van der Waals surface area (Å²) < 4.78 is 33.5. The molecule has 0 heterocycles. The van der Waals surface area contributed by atoms with Crippen LogP contribution >= 0.6 is 0 Å². The molecule has 0 amide bonds. The van der Waals surface area contributed by atoms with Gasteiger partial charge in [-0.15, -0.1) is 0 Å². The van der Waals surface area contributed by atoms with Gasteiger partial charge in [0.25, 0.3) is 0 Å². The number of halogens is 3. The highest BCUT2D eigenvalue weighted by Crippen LogP contribution is 2.20. The van der Waals surface area contributed by atoms with Crippen molar-refractivity contribution >= 4 is 0 Å². The first kappa shape index (κ1) is 7.75. The van der Waals surface area contributed by atoms with Crippen LogP contribution in [0.2, 0.25) is 0 Å². The summed E-state index contributed by atoms with van der Waals surface area (Å²) in [5.74, 6) is 0. The van der Waals surface area contributed by atoms with Gasteiger partial charge in [0.05, 0.1) is 0 Å². The molecule has 0 aliphatic carbocycles. The molecule has 0 saturated heterocycles. The van der Waals surface area contributed by atoms with Crippen LogP contribution in [0.4, 0.5) is 13.2 Å². The number of rotatable bonds is 2. The van der Waals surface area contributed by atoms with Gasteiger partial charge in [0.1, 0.15) is 0 Å². The van der Waals surface area contributed by atoms with Crippen LogP contribution in [0.25, 0.3) is 0 Å². The lowest BCUT2D eigenvalue weighted by Crippen LogP contribution is -2.07. The fourth-order valence-corrected chi connectivity index (χ4v) is 0.289. The monoisotopic (exact) mass is 126 g/mol. The zero-order chi connectivity index (χ0) is 6.62. The van der Waals surface area contributed by atoms with E-state index in [4.69, 9.17) is 5.73 Å². The Labute approximate surface area is 45.7 Å². The molecule has 0 aliphatic rings. The molecule has 49 valence electrons. The fourth-order valence-electron chi connectivity index (χ4n) is 0.289. The molecular weight excluding hydrogens is 119 g/mol. The SMILES string of the molecule is [NH]CCCC(F)(F)F. The van der Waals surface area contributed by atoms with Crippen LogP contribution in [0.1, 0.15) is 12.8 Å². The van der Waals surface area contributed by atoms with Crippen molar-refractivity contribution in [3.63, 3.8) is 0 Å². The van der Waals surface area contributed by atoms with Gasteiger partial charge >= 0.3 is 6.18 Å². The lowest BCUT2D eigenvalue weighted by Gasteiger charge is -2.01. The van der Waals surface area contributed by atoms with Gasteiger partial charge in [0.2, 0.25) is 0 Å². The van der Waals surface area contributed by atoms with E-state index in [0.717, 1.165) is 0 Å². The van der Waals surface area contributed by atoms with Gasteiger partial charge in [-0.05, 0) is 6.42 Å². The Hall–Kier alpha value is -0.250. The van der Waals surface area contributed by atoms with Gasteiger partial charge in [-0.2, -0.15) is 13.2 Å². The molecule has 4 heteroatoms. The average Bonchev–Trinajstić information content (AvgIpc) is 1.59. The Morgan fingerprint density at radius 3 is 1.88 bits per heavy atom. The normalized spacial score (nSPS) is 12.0. The maximum Gasteiger partial charge on any atom is 0.389 e. The first-order valence-electron chi connectivity index (χ1n) is 2.27. The Bertz CT molecular complexity index is 58.8. The van der Waals surface area contributed by atoms with Crippen molar-refractivity contribution in [2.75, 3.05) is 6.54 Å². The number of hydrogen-bond acceptors (Lipinski definition) is 0. The Morgan fingerprint density at radius 1 is 1.25 bits per heavy atom. The van der Waals surface area contributed by atoms with E-state index < -0.39 is 12.6 Å².